The van der Waals surface area contributed by atoms with E-state index >= 15 is 0 Å². The second kappa shape index (κ2) is 7.96. The molecule has 0 bridgehead atoms. The molecule has 0 spiro atoms. The smallest absolute Gasteiger partial charge is 0.275 e. The molecule has 0 saturated carbocycles. The second-order valence-corrected chi connectivity index (χ2v) is 8.62. The number of carbonyl (C=O) groups excluding carboxylic acids is 2. The fourth-order valence-corrected chi connectivity index (χ4v) is 5.36. The number of pyridine rings is 1. The van der Waals surface area contributed by atoms with Crippen LogP contribution in [-0.2, 0) is 13.0 Å². The van der Waals surface area contributed by atoms with Gasteiger partial charge in [0.25, 0.3) is 5.91 Å². The van der Waals surface area contributed by atoms with E-state index in [9.17, 15) is 14.4 Å². The first-order valence-corrected chi connectivity index (χ1v) is 11.0. The average molecular weight is 421 g/mol. The minimum absolute atomic E-state index is 0.0162. The minimum Gasteiger partial charge on any atom is -0.491 e. The van der Waals surface area contributed by atoms with Crippen LogP contribution in [0.15, 0.2) is 41.3 Å². The molecule has 31 heavy (non-hydrogen) atoms. The molecule has 2 aromatic rings. The van der Waals surface area contributed by atoms with Crippen molar-refractivity contribution in [2.75, 3.05) is 20.2 Å². The fraction of sp³-hybridized carbons (Fsp3) is 0.458. The van der Waals surface area contributed by atoms with Crippen LogP contribution in [0.3, 0.4) is 0 Å². The van der Waals surface area contributed by atoms with Crippen LogP contribution < -0.4 is 10.2 Å². The minimum atomic E-state index is -0.491. The second-order valence-electron chi connectivity index (χ2n) is 8.62. The summed E-state index contributed by atoms with van der Waals surface area (Å²) in [6.07, 6.45) is 5.64. The fourth-order valence-electron chi connectivity index (χ4n) is 5.36. The number of rotatable bonds is 5. The van der Waals surface area contributed by atoms with E-state index in [0.717, 1.165) is 24.9 Å². The highest BCUT2D eigenvalue weighted by molar-refractivity contribution is 6.00. The molecule has 5 rings (SSSR count). The van der Waals surface area contributed by atoms with Gasteiger partial charge in [-0.2, -0.15) is 0 Å². The van der Waals surface area contributed by atoms with Crippen molar-refractivity contribution in [3.05, 3.63) is 63.6 Å². The third-order valence-corrected chi connectivity index (χ3v) is 6.92. The molecule has 1 amide bonds. The van der Waals surface area contributed by atoms with Gasteiger partial charge in [-0.1, -0.05) is 30.3 Å². The Hall–Kier alpha value is -2.93. The van der Waals surface area contributed by atoms with Crippen molar-refractivity contribution in [2.24, 2.45) is 0 Å². The van der Waals surface area contributed by atoms with E-state index in [2.05, 4.69) is 4.90 Å². The van der Waals surface area contributed by atoms with E-state index < -0.39 is 5.43 Å². The Morgan fingerprint density at radius 2 is 1.94 bits per heavy atom. The van der Waals surface area contributed by atoms with E-state index in [1.54, 1.807) is 10.8 Å². The number of fused-ring (bicyclic) bond motifs is 4. The largest absolute Gasteiger partial charge is 0.491 e. The first kappa shape index (κ1) is 20.0. The maximum Gasteiger partial charge on any atom is 0.275 e. The van der Waals surface area contributed by atoms with Crippen molar-refractivity contribution in [2.45, 2.75) is 50.9 Å². The van der Waals surface area contributed by atoms with E-state index in [0.29, 0.717) is 25.6 Å². The van der Waals surface area contributed by atoms with Crippen molar-refractivity contribution in [3.8, 4) is 5.75 Å². The summed E-state index contributed by atoms with van der Waals surface area (Å²) < 4.78 is 7.17. The number of hydrogen-bond donors (Lipinski definition) is 0. The molecule has 1 aromatic heterocycles. The maximum atomic E-state index is 13.3. The Kier molecular flexibility index (Phi) is 5.14. The highest BCUT2D eigenvalue weighted by Gasteiger charge is 2.45. The van der Waals surface area contributed by atoms with Crippen LogP contribution in [0.5, 0.6) is 5.75 Å². The summed E-state index contributed by atoms with van der Waals surface area (Å²) in [7, 11) is 1.39. The highest BCUT2D eigenvalue weighted by atomic mass is 16.5. The van der Waals surface area contributed by atoms with Crippen LogP contribution in [0.2, 0.25) is 0 Å². The first-order chi connectivity index (χ1) is 15.1. The van der Waals surface area contributed by atoms with Crippen LogP contribution in [0, 0.1) is 0 Å². The molecule has 2 atom stereocenters. The lowest BCUT2D eigenvalue weighted by Crippen LogP contribution is -2.62. The number of benzene rings is 1. The van der Waals surface area contributed by atoms with Gasteiger partial charge in [-0.15, -0.1) is 0 Å². The van der Waals surface area contributed by atoms with Gasteiger partial charge in [-0.3, -0.25) is 19.3 Å². The van der Waals surface area contributed by atoms with E-state index in [1.807, 2.05) is 35.2 Å². The lowest BCUT2D eigenvalue weighted by molar-refractivity contribution is -0.0211. The molecule has 3 aliphatic rings. The van der Waals surface area contributed by atoms with Crippen LogP contribution >= 0.6 is 0 Å². The zero-order chi connectivity index (χ0) is 21.5. The van der Waals surface area contributed by atoms with Gasteiger partial charge in [0, 0.05) is 31.7 Å². The SMILES string of the molecule is COc1c2n(cc(C(=O)CCc3ccccc3)c1=O)C[C@H]1N(CC[C@H]3CCCN31)C2=O. The van der Waals surface area contributed by atoms with Gasteiger partial charge in [0.05, 0.1) is 19.2 Å². The number of hydrogen-bond acceptors (Lipinski definition) is 5. The predicted molar refractivity (Wildman–Crippen MR) is 116 cm³/mol. The van der Waals surface area contributed by atoms with Gasteiger partial charge in [0.15, 0.2) is 17.2 Å². The van der Waals surface area contributed by atoms with Crippen LogP contribution in [0.4, 0.5) is 0 Å². The summed E-state index contributed by atoms with van der Waals surface area (Å²) >= 11 is 0. The molecule has 0 N–H and O–H groups in total. The zero-order valence-corrected chi connectivity index (χ0v) is 17.8. The van der Waals surface area contributed by atoms with Crippen molar-refractivity contribution in [1.29, 1.82) is 0 Å². The summed E-state index contributed by atoms with van der Waals surface area (Å²) in [6.45, 7) is 2.22. The van der Waals surface area contributed by atoms with Crippen LogP contribution in [0.25, 0.3) is 0 Å². The Balaban J connectivity index is 1.48. The molecule has 7 nitrogen and oxygen atoms in total. The molecule has 7 heteroatoms. The van der Waals surface area contributed by atoms with Crippen molar-refractivity contribution < 1.29 is 14.3 Å². The molecule has 4 heterocycles. The molecular formula is C24H27N3O4. The van der Waals surface area contributed by atoms with Crippen LogP contribution in [0.1, 0.15) is 52.1 Å². The number of Topliss-reactive ketones (excluding diaryl/α,β-unsaturated/α-hetero) is 1. The summed E-state index contributed by atoms with van der Waals surface area (Å²) in [4.78, 5) is 43.7. The van der Waals surface area contributed by atoms with Crippen LogP contribution in [-0.4, -0.2) is 58.5 Å². The summed E-state index contributed by atoms with van der Waals surface area (Å²) in [5, 5.41) is 0. The average Bonchev–Trinajstić information content (AvgIpc) is 3.28. The Morgan fingerprint density at radius 3 is 2.71 bits per heavy atom. The quantitative estimate of drug-likeness (QED) is 0.693. The third kappa shape index (κ3) is 3.37. The summed E-state index contributed by atoms with van der Waals surface area (Å²) in [6, 6.07) is 10.3. The third-order valence-electron chi connectivity index (χ3n) is 6.92. The van der Waals surface area contributed by atoms with Gasteiger partial charge < -0.3 is 14.2 Å². The van der Waals surface area contributed by atoms with Gasteiger partial charge in [-0.05, 0) is 31.2 Å². The number of carbonyl (C=O) groups is 2. The Labute approximate surface area is 181 Å². The van der Waals surface area contributed by atoms with Gasteiger partial charge in [0.2, 0.25) is 5.43 Å². The monoisotopic (exact) mass is 421 g/mol. The number of methoxy groups -OCH3 is 1. The summed E-state index contributed by atoms with van der Waals surface area (Å²) in [5.74, 6) is -0.420. The molecule has 1 aromatic carbocycles. The number of nitrogens with zero attached hydrogens (tertiary/aromatic N) is 3. The molecule has 162 valence electrons. The lowest BCUT2D eigenvalue weighted by atomic mass is 10.0. The number of ketones is 1. The standard InChI is InChI=1S/C24H27N3O4/c1-31-23-21-24(30)27-13-11-17-8-5-12-26(17)20(27)15-25(21)14-18(22(23)29)19(28)10-9-16-6-3-2-4-7-16/h2-4,6-7,14,17,20H,5,8-13,15H2,1H3/t17-,20-/m1/s1. The number of aromatic nitrogens is 1. The van der Waals surface area contributed by atoms with Crippen molar-refractivity contribution in [3.63, 3.8) is 0 Å². The molecule has 0 unspecified atom stereocenters. The summed E-state index contributed by atoms with van der Waals surface area (Å²) in [5.41, 5.74) is 0.927. The highest BCUT2D eigenvalue weighted by Crippen LogP contribution is 2.34. The van der Waals surface area contributed by atoms with E-state index in [4.69, 9.17) is 4.74 Å². The molecule has 2 fully saturated rings. The first-order valence-electron chi connectivity index (χ1n) is 11.0. The van der Waals surface area contributed by atoms with Crippen molar-refractivity contribution in [1.82, 2.24) is 14.4 Å². The predicted octanol–water partition coefficient (Wildman–Crippen LogP) is 2.32. The molecule has 0 radical (unpaired) electrons. The Morgan fingerprint density at radius 1 is 1.13 bits per heavy atom. The van der Waals surface area contributed by atoms with E-state index in [1.165, 1.54) is 13.5 Å². The zero-order valence-electron chi connectivity index (χ0n) is 17.8. The Bertz CT molecular complexity index is 1080. The maximum absolute atomic E-state index is 13.3. The van der Waals surface area contributed by atoms with Gasteiger partial charge in [0.1, 0.15) is 6.17 Å². The molecule has 0 aliphatic carbocycles. The topological polar surface area (TPSA) is 71.8 Å². The lowest BCUT2D eigenvalue weighted by Gasteiger charge is -2.48. The normalized spacial score (nSPS) is 22.6. The number of amides is 1. The van der Waals surface area contributed by atoms with E-state index in [-0.39, 0.29) is 41.3 Å². The molecule has 2 saturated heterocycles. The van der Waals surface area contributed by atoms with Crippen molar-refractivity contribution >= 4 is 11.7 Å². The molecular weight excluding hydrogens is 394 g/mol. The molecule has 3 aliphatic heterocycles. The number of ether oxygens (including phenoxy) is 1. The van der Waals surface area contributed by atoms with Gasteiger partial charge in [-0.25, -0.2) is 0 Å². The number of aryl methyl sites for hydroxylation is 1. The van der Waals surface area contributed by atoms with Gasteiger partial charge >= 0.3 is 0 Å².